The quantitative estimate of drug-likeness (QED) is 0.861. The van der Waals surface area contributed by atoms with E-state index in [1.807, 2.05) is 38.1 Å². The molecule has 0 saturated heterocycles. The number of hydrogen-bond donors (Lipinski definition) is 2. The predicted molar refractivity (Wildman–Crippen MR) is 80.8 cm³/mol. The lowest BCUT2D eigenvalue weighted by Crippen LogP contribution is -2.12. The smallest absolute Gasteiger partial charge is 0.224 e. The van der Waals surface area contributed by atoms with Gasteiger partial charge < -0.3 is 15.1 Å². The third-order valence-corrected chi connectivity index (χ3v) is 3.34. The summed E-state index contributed by atoms with van der Waals surface area (Å²) in [5, 5.41) is 6.34. The molecule has 0 fully saturated rings. The van der Waals surface area contributed by atoms with Gasteiger partial charge in [0.05, 0.1) is 18.6 Å². The number of carbonyl (C=O) groups is 1. The summed E-state index contributed by atoms with van der Waals surface area (Å²) in [6, 6.07) is 7.94. The van der Waals surface area contributed by atoms with E-state index in [2.05, 4.69) is 17.6 Å². The van der Waals surface area contributed by atoms with Crippen LogP contribution in [0.1, 0.15) is 37.4 Å². The first-order chi connectivity index (χ1) is 9.61. The highest BCUT2D eigenvalue weighted by molar-refractivity contribution is 5.92. The fraction of sp³-hybridized carbons (Fsp3) is 0.312. The highest BCUT2D eigenvalue weighted by Gasteiger charge is 2.10. The van der Waals surface area contributed by atoms with E-state index in [0.717, 1.165) is 22.5 Å². The van der Waals surface area contributed by atoms with E-state index in [0.29, 0.717) is 6.42 Å². The normalized spacial score (nSPS) is 11.9. The van der Waals surface area contributed by atoms with Crippen LogP contribution in [0.4, 0.5) is 11.4 Å². The molecular weight excluding hydrogens is 252 g/mol. The van der Waals surface area contributed by atoms with Crippen LogP contribution in [-0.2, 0) is 4.79 Å². The number of anilines is 2. The number of amides is 1. The molecular formula is C16H20N2O2. The van der Waals surface area contributed by atoms with Crippen molar-refractivity contribution in [1.29, 1.82) is 0 Å². The summed E-state index contributed by atoms with van der Waals surface area (Å²) in [7, 11) is 0. The fourth-order valence-electron chi connectivity index (χ4n) is 2.00. The van der Waals surface area contributed by atoms with Crippen molar-refractivity contribution in [3.05, 3.63) is 47.9 Å². The van der Waals surface area contributed by atoms with Gasteiger partial charge in [0, 0.05) is 23.4 Å². The molecule has 1 atom stereocenters. The van der Waals surface area contributed by atoms with Crippen LogP contribution >= 0.6 is 0 Å². The monoisotopic (exact) mass is 272 g/mol. The fourth-order valence-corrected chi connectivity index (χ4v) is 2.00. The Balaban J connectivity index is 2.16. The van der Waals surface area contributed by atoms with Crippen LogP contribution < -0.4 is 10.6 Å². The zero-order valence-corrected chi connectivity index (χ0v) is 12.1. The van der Waals surface area contributed by atoms with Crippen molar-refractivity contribution in [3.63, 3.8) is 0 Å². The van der Waals surface area contributed by atoms with Crippen molar-refractivity contribution in [2.75, 3.05) is 10.6 Å². The Labute approximate surface area is 119 Å². The van der Waals surface area contributed by atoms with Crippen LogP contribution in [0.15, 0.2) is 41.2 Å². The zero-order chi connectivity index (χ0) is 14.5. The lowest BCUT2D eigenvalue weighted by atomic mass is 10.1. The van der Waals surface area contributed by atoms with E-state index in [1.165, 1.54) is 0 Å². The molecule has 0 bridgehead atoms. The van der Waals surface area contributed by atoms with Gasteiger partial charge in [-0.1, -0.05) is 13.0 Å². The van der Waals surface area contributed by atoms with Crippen molar-refractivity contribution in [3.8, 4) is 0 Å². The highest BCUT2D eigenvalue weighted by Crippen LogP contribution is 2.27. The molecule has 1 aromatic heterocycles. The summed E-state index contributed by atoms with van der Waals surface area (Å²) in [4.78, 5) is 11.5. The minimum atomic E-state index is 0.0214. The molecule has 2 aromatic rings. The second kappa shape index (κ2) is 6.28. The molecule has 20 heavy (non-hydrogen) atoms. The minimum Gasteiger partial charge on any atom is -0.472 e. The molecule has 1 amide bonds. The lowest BCUT2D eigenvalue weighted by molar-refractivity contribution is -0.115. The van der Waals surface area contributed by atoms with Gasteiger partial charge in [0.1, 0.15) is 0 Å². The van der Waals surface area contributed by atoms with E-state index in [-0.39, 0.29) is 11.9 Å². The molecule has 1 heterocycles. The summed E-state index contributed by atoms with van der Waals surface area (Å²) in [5.41, 5.74) is 3.98. The van der Waals surface area contributed by atoms with Crippen molar-refractivity contribution >= 4 is 17.3 Å². The first-order valence-electron chi connectivity index (χ1n) is 6.80. The third-order valence-electron chi connectivity index (χ3n) is 3.34. The molecule has 0 saturated carbocycles. The second-order valence-corrected chi connectivity index (χ2v) is 4.80. The molecule has 106 valence electrons. The molecule has 4 nitrogen and oxygen atoms in total. The maximum atomic E-state index is 11.5. The van der Waals surface area contributed by atoms with Gasteiger partial charge in [-0.25, -0.2) is 0 Å². The molecule has 0 aliphatic heterocycles. The van der Waals surface area contributed by atoms with Gasteiger partial charge >= 0.3 is 0 Å². The molecule has 4 heteroatoms. The summed E-state index contributed by atoms with van der Waals surface area (Å²) >= 11 is 0. The Bertz CT molecular complexity index is 576. The van der Waals surface area contributed by atoms with E-state index in [1.54, 1.807) is 12.5 Å². The van der Waals surface area contributed by atoms with Gasteiger partial charge in [-0.2, -0.15) is 0 Å². The van der Waals surface area contributed by atoms with Crippen molar-refractivity contribution in [2.45, 2.75) is 33.2 Å². The van der Waals surface area contributed by atoms with E-state index < -0.39 is 0 Å². The van der Waals surface area contributed by atoms with E-state index in [9.17, 15) is 4.79 Å². The number of benzene rings is 1. The summed E-state index contributed by atoms with van der Waals surface area (Å²) in [6.07, 6.45) is 3.87. The summed E-state index contributed by atoms with van der Waals surface area (Å²) in [6.45, 7) is 5.91. The van der Waals surface area contributed by atoms with Gasteiger partial charge in [0.15, 0.2) is 0 Å². The van der Waals surface area contributed by atoms with E-state index in [4.69, 9.17) is 4.42 Å². The van der Waals surface area contributed by atoms with Crippen molar-refractivity contribution < 1.29 is 9.21 Å². The zero-order valence-electron chi connectivity index (χ0n) is 12.1. The number of carbonyl (C=O) groups excluding carboxylic acids is 1. The number of furan rings is 1. The average molecular weight is 272 g/mol. The minimum absolute atomic E-state index is 0.0214. The standard InChI is InChI=1S/C16H20N2O2/c1-4-16(19)18-15-7-5-6-14(11(15)2)17-12(3)13-8-9-20-10-13/h5-10,12,17H,4H2,1-3H3,(H,18,19). The summed E-state index contributed by atoms with van der Waals surface area (Å²) < 4.78 is 5.10. The molecule has 0 spiro atoms. The maximum absolute atomic E-state index is 11.5. The van der Waals surface area contributed by atoms with Crippen LogP contribution in [0.3, 0.4) is 0 Å². The highest BCUT2D eigenvalue weighted by atomic mass is 16.3. The Morgan fingerprint density at radius 2 is 2.05 bits per heavy atom. The Hall–Kier alpha value is -2.23. The van der Waals surface area contributed by atoms with Crippen molar-refractivity contribution in [2.24, 2.45) is 0 Å². The number of nitrogens with one attached hydrogen (secondary N) is 2. The Morgan fingerprint density at radius 1 is 1.30 bits per heavy atom. The average Bonchev–Trinajstić information content (AvgIpc) is 2.97. The SMILES string of the molecule is CCC(=O)Nc1cccc(NC(C)c2ccoc2)c1C. The first-order valence-corrected chi connectivity index (χ1v) is 6.80. The topological polar surface area (TPSA) is 54.3 Å². The van der Waals surface area contributed by atoms with Gasteiger partial charge in [0.25, 0.3) is 0 Å². The van der Waals surface area contributed by atoms with Crippen LogP contribution in [-0.4, -0.2) is 5.91 Å². The van der Waals surface area contributed by atoms with Gasteiger partial charge in [-0.05, 0) is 37.6 Å². The van der Waals surface area contributed by atoms with Gasteiger partial charge in [-0.3, -0.25) is 4.79 Å². The summed E-state index contributed by atoms with van der Waals surface area (Å²) in [5.74, 6) is 0.0214. The molecule has 1 aromatic carbocycles. The second-order valence-electron chi connectivity index (χ2n) is 4.80. The predicted octanol–water partition coefficient (Wildman–Crippen LogP) is 4.11. The van der Waals surface area contributed by atoms with Gasteiger partial charge in [0.2, 0.25) is 5.91 Å². The molecule has 2 N–H and O–H groups in total. The maximum Gasteiger partial charge on any atom is 0.224 e. The van der Waals surface area contributed by atoms with Crippen LogP contribution in [0.5, 0.6) is 0 Å². The largest absolute Gasteiger partial charge is 0.472 e. The van der Waals surface area contributed by atoms with Crippen LogP contribution in [0, 0.1) is 6.92 Å². The lowest BCUT2D eigenvalue weighted by Gasteiger charge is -2.18. The first kappa shape index (κ1) is 14.2. The Morgan fingerprint density at radius 3 is 2.70 bits per heavy atom. The van der Waals surface area contributed by atoms with Crippen LogP contribution in [0.2, 0.25) is 0 Å². The van der Waals surface area contributed by atoms with E-state index >= 15 is 0 Å². The molecule has 0 radical (unpaired) electrons. The molecule has 0 aliphatic carbocycles. The number of rotatable bonds is 5. The molecule has 1 unspecified atom stereocenters. The van der Waals surface area contributed by atoms with Crippen molar-refractivity contribution in [1.82, 2.24) is 0 Å². The Kier molecular flexibility index (Phi) is 4.45. The molecule has 0 aliphatic rings. The van der Waals surface area contributed by atoms with Crippen LogP contribution in [0.25, 0.3) is 0 Å². The van der Waals surface area contributed by atoms with Gasteiger partial charge in [-0.15, -0.1) is 0 Å². The third kappa shape index (κ3) is 3.20. The molecule has 2 rings (SSSR count). The number of hydrogen-bond acceptors (Lipinski definition) is 3.